The average molecular weight is 267 g/mol. The fourth-order valence-corrected chi connectivity index (χ4v) is 2.10. The number of rotatable bonds is 0. The van der Waals surface area contributed by atoms with Gasteiger partial charge < -0.3 is 14.8 Å². The Morgan fingerprint density at radius 2 is 1.88 bits per heavy atom. The van der Waals surface area contributed by atoms with Crippen LogP contribution in [-0.2, 0) is 4.79 Å². The summed E-state index contributed by atoms with van der Waals surface area (Å²) < 4.78 is 10.7. The fourth-order valence-electron chi connectivity index (χ4n) is 1.19. The summed E-state index contributed by atoms with van der Waals surface area (Å²) in [6.45, 7) is 3.81. The highest BCUT2D eigenvalue weighted by Gasteiger charge is 2.18. The molecular weight excluding hydrogens is 258 g/mol. The minimum absolute atomic E-state index is 0.167. The van der Waals surface area contributed by atoms with Crippen LogP contribution in [0.5, 0.6) is 11.5 Å². The van der Waals surface area contributed by atoms with Crippen LogP contribution in [0.15, 0.2) is 35.7 Å². The van der Waals surface area contributed by atoms with E-state index >= 15 is 0 Å². The molecule has 6 heteroatoms. The van der Waals surface area contributed by atoms with Gasteiger partial charge in [0.05, 0.1) is 4.91 Å². The highest BCUT2D eigenvalue weighted by atomic mass is 32.2. The van der Waals surface area contributed by atoms with Crippen LogP contribution in [-0.4, -0.2) is 17.0 Å². The number of hydrogen-bond donors (Lipinski definition) is 1. The van der Waals surface area contributed by atoms with Gasteiger partial charge >= 0.3 is 0 Å². The number of carbonyl (C=O) groups is 1. The molecule has 4 nitrogen and oxygen atoms in total. The van der Waals surface area contributed by atoms with E-state index in [4.69, 9.17) is 9.47 Å². The van der Waals surface area contributed by atoms with E-state index in [2.05, 4.69) is 24.1 Å². The molecule has 2 aliphatic rings. The van der Waals surface area contributed by atoms with E-state index in [1.165, 1.54) is 11.8 Å². The quantitative estimate of drug-likeness (QED) is 0.576. The Hall–Kier alpha value is -1.53. The molecule has 0 aromatic heterocycles. The Labute approximate surface area is 108 Å². The van der Waals surface area contributed by atoms with Crippen molar-refractivity contribution in [2.45, 2.75) is 0 Å². The minimum atomic E-state index is -0.167. The van der Waals surface area contributed by atoms with Crippen molar-refractivity contribution in [3.05, 3.63) is 35.7 Å². The summed E-state index contributed by atoms with van der Waals surface area (Å²) in [5, 5.41) is 2.42. The van der Waals surface area contributed by atoms with E-state index in [-0.39, 0.29) is 5.91 Å². The fraction of sp³-hybridized carbons (Fsp3) is 0.0909. The lowest BCUT2D eigenvalue weighted by molar-refractivity contribution is -0.115. The largest absolute Gasteiger partial charge is 0.454 e. The van der Waals surface area contributed by atoms with E-state index in [9.17, 15) is 4.79 Å². The van der Waals surface area contributed by atoms with Crippen molar-refractivity contribution in [3.63, 3.8) is 0 Å². The van der Waals surface area contributed by atoms with Crippen LogP contribution in [0.25, 0.3) is 0 Å². The molecule has 1 saturated heterocycles. The number of thiocarbonyl (C=S) groups is 1. The van der Waals surface area contributed by atoms with E-state index in [0.717, 1.165) is 11.5 Å². The molecule has 0 unspecified atom stereocenters. The Balaban J connectivity index is 0.000000128. The molecule has 1 aromatic rings. The SMILES string of the molecule is C=C1SC(=S)NC1=O.c1ccc2c(c1)OCO2. The van der Waals surface area contributed by atoms with Gasteiger partial charge in [-0.2, -0.15) is 0 Å². The van der Waals surface area contributed by atoms with Gasteiger partial charge in [-0.25, -0.2) is 0 Å². The normalized spacial score (nSPS) is 16.4. The minimum Gasteiger partial charge on any atom is -0.454 e. The maximum Gasteiger partial charge on any atom is 0.262 e. The smallest absolute Gasteiger partial charge is 0.262 e. The first-order valence-corrected chi connectivity index (χ1v) is 5.96. The van der Waals surface area contributed by atoms with E-state index < -0.39 is 0 Å². The molecule has 0 radical (unpaired) electrons. The van der Waals surface area contributed by atoms with Gasteiger partial charge in [-0.1, -0.05) is 42.7 Å². The Bertz CT molecular complexity index is 446. The van der Waals surface area contributed by atoms with Crippen molar-refractivity contribution < 1.29 is 14.3 Å². The molecule has 1 amide bonds. The van der Waals surface area contributed by atoms with Crippen molar-refractivity contribution in [2.24, 2.45) is 0 Å². The first-order valence-electron chi connectivity index (χ1n) is 4.73. The van der Waals surface area contributed by atoms with Gasteiger partial charge in [-0.05, 0) is 12.1 Å². The molecule has 17 heavy (non-hydrogen) atoms. The number of thioether (sulfide) groups is 1. The molecule has 0 atom stereocenters. The Morgan fingerprint density at radius 1 is 1.29 bits per heavy atom. The van der Waals surface area contributed by atoms with Crippen LogP contribution in [0.4, 0.5) is 0 Å². The summed E-state index contributed by atoms with van der Waals surface area (Å²) in [6, 6.07) is 7.63. The van der Waals surface area contributed by atoms with Crippen LogP contribution < -0.4 is 14.8 Å². The van der Waals surface area contributed by atoms with Crippen molar-refractivity contribution in [1.82, 2.24) is 5.32 Å². The monoisotopic (exact) mass is 267 g/mol. The number of nitrogens with one attached hydrogen (secondary N) is 1. The number of para-hydroxylation sites is 2. The highest BCUT2D eigenvalue weighted by Crippen LogP contribution is 2.30. The third-order valence-corrected chi connectivity index (χ3v) is 3.03. The average Bonchev–Trinajstić information content (AvgIpc) is 2.87. The van der Waals surface area contributed by atoms with Gasteiger partial charge in [0, 0.05) is 0 Å². The molecule has 0 spiro atoms. The number of fused-ring (bicyclic) bond motifs is 1. The summed E-state index contributed by atoms with van der Waals surface area (Å²) in [7, 11) is 0. The number of benzene rings is 1. The number of amides is 1. The molecule has 1 fully saturated rings. The van der Waals surface area contributed by atoms with E-state index in [1.54, 1.807) is 0 Å². The van der Waals surface area contributed by atoms with Crippen LogP contribution >= 0.6 is 24.0 Å². The molecule has 0 aliphatic carbocycles. The van der Waals surface area contributed by atoms with Gasteiger partial charge in [0.15, 0.2) is 11.5 Å². The van der Waals surface area contributed by atoms with Crippen molar-refractivity contribution in [1.29, 1.82) is 0 Å². The summed E-state index contributed by atoms with van der Waals surface area (Å²) >= 11 is 5.85. The Kier molecular flexibility index (Phi) is 3.65. The molecule has 1 N–H and O–H groups in total. The van der Waals surface area contributed by atoms with Crippen molar-refractivity contribution in [3.8, 4) is 11.5 Å². The second-order valence-corrected chi connectivity index (χ2v) is 4.89. The zero-order valence-electron chi connectivity index (χ0n) is 8.76. The zero-order chi connectivity index (χ0) is 12.3. The lowest BCUT2D eigenvalue weighted by atomic mass is 10.3. The number of carbonyl (C=O) groups excluding carboxylic acids is 1. The number of hydrogen-bond acceptors (Lipinski definition) is 5. The second kappa shape index (κ2) is 5.20. The molecule has 88 valence electrons. The van der Waals surface area contributed by atoms with Crippen molar-refractivity contribution in [2.75, 3.05) is 6.79 Å². The lowest BCUT2D eigenvalue weighted by Crippen LogP contribution is -2.17. The van der Waals surface area contributed by atoms with Gasteiger partial charge in [-0.3, -0.25) is 4.79 Å². The molecular formula is C11H9NO3S2. The van der Waals surface area contributed by atoms with Crippen LogP contribution in [0.1, 0.15) is 0 Å². The van der Waals surface area contributed by atoms with Gasteiger partial charge in [0.2, 0.25) is 6.79 Å². The van der Waals surface area contributed by atoms with Crippen LogP contribution in [0, 0.1) is 0 Å². The van der Waals surface area contributed by atoms with Gasteiger partial charge in [0.25, 0.3) is 5.91 Å². The van der Waals surface area contributed by atoms with Crippen LogP contribution in [0.3, 0.4) is 0 Å². The summed E-state index contributed by atoms with van der Waals surface area (Å²) in [4.78, 5) is 10.9. The van der Waals surface area contributed by atoms with E-state index in [1.807, 2.05) is 24.3 Å². The predicted octanol–water partition coefficient (Wildman–Crippen LogP) is 2.06. The molecule has 1 aromatic carbocycles. The predicted molar refractivity (Wildman–Crippen MR) is 70.0 cm³/mol. The molecule has 2 aliphatic heterocycles. The molecule has 2 heterocycles. The first kappa shape index (κ1) is 11.9. The maximum atomic E-state index is 10.5. The third-order valence-electron chi connectivity index (χ3n) is 1.96. The van der Waals surface area contributed by atoms with E-state index in [0.29, 0.717) is 16.0 Å². The standard InChI is InChI=1S/C7H6O2.C4H3NOS2/c1-2-4-7-6(3-1)8-5-9-7;1-2-3(6)5-4(7)8-2/h1-4H,5H2;1H2,(H,5,6,7). The molecule has 0 bridgehead atoms. The van der Waals surface area contributed by atoms with Crippen LogP contribution in [0.2, 0.25) is 0 Å². The molecule has 0 saturated carbocycles. The summed E-state index contributed by atoms with van der Waals surface area (Å²) in [6.07, 6.45) is 0. The van der Waals surface area contributed by atoms with Gasteiger partial charge in [0.1, 0.15) is 4.32 Å². The van der Waals surface area contributed by atoms with Crippen molar-refractivity contribution >= 4 is 34.2 Å². The maximum absolute atomic E-state index is 10.5. The third kappa shape index (κ3) is 2.98. The highest BCUT2D eigenvalue weighted by molar-refractivity contribution is 8.26. The number of ether oxygens (including phenoxy) is 2. The van der Waals surface area contributed by atoms with Gasteiger partial charge in [-0.15, -0.1) is 0 Å². The summed E-state index contributed by atoms with van der Waals surface area (Å²) in [5.41, 5.74) is 0. The summed E-state index contributed by atoms with van der Waals surface area (Å²) in [5.74, 6) is 1.52. The zero-order valence-corrected chi connectivity index (χ0v) is 10.4. The Morgan fingerprint density at radius 3 is 2.24 bits per heavy atom. The first-order chi connectivity index (χ1) is 8.16. The second-order valence-electron chi connectivity index (χ2n) is 3.12. The lowest BCUT2D eigenvalue weighted by Gasteiger charge is -1.89. The molecule has 3 rings (SSSR count). The topological polar surface area (TPSA) is 47.6 Å².